The van der Waals surface area contributed by atoms with Crippen molar-refractivity contribution in [2.45, 2.75) is 52.2 Å². The van der Waals surface area contributed by atoms with Crippen LogP contribution in [0.15, 0.2) is 24.8 Å². The second-order valence-corrected chi connectivity index (χ2v) is 6.24. The Morgan fingerprint density at radius 3 is 2.61 bits per heavy atom. The van der Waals surface area contributed by atoms with E-state index in [-0.39, 0.29) is 6.10 Å². The topological polar surface area (TPSA) is 56.1 Å². The largest absolute Gasteiger partial charge is 0.472 e. The van der Waals surface area contributed by atoms with Crippen molar-refractivity contribution >= 4 is 5.82 Å². The zero-order valence-electron chi connectivity index (χ0n) is 14.1. The van der Waals surface area contributed by atoms with Gasteiger partial charge in [0.05, 0.1) is 12.3 Å². The minimum absolute atomic E-state index is 0.0999. The van der Waals surface area contributed by atoms with Gasteiger partial charge in [-0.15, -0.1) is 0 Å². The van der Waals surface area contributed by atoms with E-state index in [9.17, 15) is 0 Å². The molecule has 124 valence electrons. The third kappa shape index (κ3) is 3.63. The van der Waals surface area contributed by atoms with Crippen molar-refractivity contribution in [1.29, 1.82) is 0 Å². The van der Waals surface area contributed by atoms with Crippen LogP contribution in [0.2, 0.25) is 0 Å². The second kappa shape index (κ2) is 6.98. The van der Waals surface area contributed by atoms with E-state index < -0.39 is 0 Å². The van der Waals surface area contributed by atoms with Gasteiger partial charge in [-0.3, -0.25) is 4.68 Å². The van der Waals surface area contributed by atoms with Crippen LogP contribution < -0.4 is 9.64 Å². The van der Waals surface area contributed by atoms with Crippen LogP contribution in [-0.2, 0) is 6.54 Å². The third-order valence-electron chi connectivity index (χ3n) is 4.24. The van der Waals surface area contributed by atoms with Crippen molar-refractivity contribution in [3.63, 3.8) is 0 Å². The molecule has 0 aliphatic carbocycles. The highest BCUT2D eigenvalue weighted by Crippen LogP contribution is 2.32. The van der Waals surface area contributed by atoms with Crippen LogP contribution in [0.25, 0.3) is 0 Å². The van der Waals surface area contributed by atoms with E-state index in [0.29, 0.717) is 11.8 Å². The molecule has 23 heavy (non-hydrogen) atoms. The van der Waals surface area contributed by atoms with Gasteiger partial charge in [-0.25, -0.2) is 9.97 Å². The number of aryl methyl sites for hydroxylation is 1. The molecule has 0 atom stereocenters. The van der Waals surface area contributed by atoms with E-state index in [4.69, 9.17) is 4.74 Å². The summed E-state index contributed by atoms with van der Waals surface area (Å²) in [5.41, 5.74) is 1.35. The molecule has 0 bridgehead atoms. The summed E-state index contributed by atoms with van der Waals surface area (Å²) >= 11 is 0. The van der Waals surface area contributed by atoms with Crippen LogP contribution in [0, 0.1) is 0 Å². The monoisotopic (exact) mass is 315 g/mol. The summed E-state index contributed by atoms with van der Waals surface area (Å²) in [6, 6.07) is 0. The van der Waals surface area contributed by atoms with Gasteiger partial charge in [0, 0.05) is 38.2 Å². The first kappa shape index (κ1) is 15.8. The smallest absolute Gasteiger partial charge is 0.257 e. The average Bonchev–Trinajstić information content (AvgIpc) is 3.04. The van der Waals surface area contributed by atoms with Crippen LogP contribution >= 0.6 is 0 Å². The van der Waals surface area contributed by atoms with Gasteiger partial charge in [0.1, 0.15) is 0 Å². The van der Waals surface area contributed by atoms with Crippen molar-refractivity contribution in [2.75, 3.05) is 18.0 Å². The van der Waals surface area contributed by atoms with E-state index in [1.165, 1.54) is 5.56 Å². The molecule has 0 aromatic carbocycles. The fraction of sp³-hybridized carbons (Fsp3) is 0.588. The highest BCUT2D eigenvalue weighted by Gasteiger charge is 2.25. The van der Waals surface area contributed by atoms with Crippen molar-refractivity contribution in [3.8, 4) is 5.88 Å². The highest BCUT2D eigenvalue weighted by atomic mass is 16.5. The van der Waals surface area contributed by atoms with E-state index in [0.717, 1.165) is 38.3 Å². The lowest BCUT2D eigenvalue weighted by Crippen LogP contribution is -2.34. The van der Waals surface area contributed by atoms with Gasteiger partial charge in [0.15, 0.2) is 5.82 Å². The molecule has 0 N–H and O–H groups in total. The molecule has 2 aromatic rings. The standard InChI is InChI=1S/C17H25N5O/c1-4-22-12-15(11-20-22)14-5-9-21(10-6-14)16-17(23-13(2)3)19-8-7-18-16/h7-8,11-14H,4-6,9-10H2,1-3H3. The van der Waals surface area contributed by atoms with Gasteiger partial charge in [-0.2, -0.15) is 5.10 Å². The number of hydrogen-bond donors (Lipinski definition) is 0. The highest BCUT2D eigenvalue weighted by molar-refractivity contribution is 5.48. The molecule has 6 heteroatoms. The maximum absolute atomic E-state index is 5.80. The van der Waals surface area contributed by atoms with Gasteiger partial charge in [-0.05, 0) is 45.1 Å². The van der Waals surface area contributed by atoms with Gasteiger partial charge in [-0.1, -0.05) is 0 Å². The minimum Gasteiger partial charge on any atom is -0.472 e. The number of anilines is 1. The third-order valence-corrected chi connectivity index (χ3v) is 4.24. The fourth-order valence-electron chi connectivity index (χ4n) is 3.03. The van der Waals surface area contributed by atoms with Gasteiger partial charge >= 0.3 is 0 Å². The first-order valence-corrected chi connectivity index (χ1v) is 8.42. The molecular formula is C17H25N5O. The number of rotatable bonds is 5. The molecule has 0 radical (unpaired) electrons. The molecule has 3 rings (SSSR count). The lowest BCUT2D eigenvalue weighted by atomic mass is 9.91. The molecular weight excluding hydrogens is 290 g/mol. The maximum atomic E-state index is 5.80. The van der Waals surface area contributed by atoms with Crippen molar-refractivity contribution in [2.24, 2.45) is 0 Å². The number of aromatic nitrogens is 4. The molecule has 2 aromatic heterocycles. The zero-order chi connectivity index (χ0) is 16.2. The summed E-state index contributed by atoms with van der Waals surface area (Å²) in [4.78, 5) is 11.1. The molecule has 1 saturated heterocycles. The Bertz CT molecular complexity index is 631. The Balaban J connectivity index is 1.67. The summed E-state index contributed by atoms with van der Waals surface area (Å²) < 4.78 is 7.80. The molecule has 1 fully saturated rings. The van der Waals surface area contributed by atoms with Crippen molar-refractivity contribution in [1.82, 2.24) is 19.7 Å². The molecule has 0 spiro atoms. The van der Waals surface area contributed by atoms with E-state index in [1.807, 2.05) is 24.7 Å². The minimum atomic E-state index is 0.0999. The summed E-state index contributed by atoms with van der Waals surface area (Å²) in [5, 5.41) is 4.39. The lowest BCUT2D eigenvalue weighted by Gasteiger charge is -2.33. The average molecular weight is 315 g/mol. The fourth-order valence-corrected chi connectivity index (χ4v) is 3.03. The van der Waals surface area contributed by atoms with Crippen LogP contribution in [0.3, 0.4) is 0 Å². The number of piperidine rings is 1. The van der Waals surface area contributed by atoms with Crippen LogP contribution in [0.1, 0.15) is 45.1 Å². The molecule has 6 nitrogen and oxygen atoms in total. The van der Waals surface area contributed by atoms with Crippen molar-refractivity contribution < 1.29 is 4.74 Å². The SMILES string of the molecule is CCn1cc(C2CCN(c3nccnc3OC(C)C)CC2)cn1. The van der Waals surface area contributed by atoms with E-state index in [2.05, 4.69) is 33.1 Å². The summed E-state index contributed by atoms with van der Waals surface area (Å²) in [6.07, 6.45) is 9.92. The van der Waals surface area contributed by atoms with Crippen LogP contribution in [-0.4, -0.2) is 38.9 Å². The Kier molecular flexibility index (Phi) is 4.79. The number of nitrogens with zero attached hydrogens (tertiary/aromatic N) is 5. The first-order chi connectivity index (χ1) is 11.2. The maximum Gasteiger partial charge on any atom is 0.257 e. The Labute approximate surface area is 137 Å². The zero-order valence-corrected chi connectivity index (χ0v) is 14.1. The molecule has 0 amide bonds. The molecule has 1 aliphatic rings. The Morgan fingerprint density at radius 1 is 1.22 bits per heavy atom. The molecule has 0 saturated carbocycles. The first-order valence-electron chi connectivity index (χ1n) is 8.42. The molecule has 1 aliphatic heterocycles. The normalized spacial score (nSPS) is 16.1. The van der Waals surface area contributed by atoms with Gasteiger partial charge in [0.25, 0.3) is 5.88 Å². The summed E-state index contributed by atoms with van der Waals surface area (Å²) in [5.74, 6) is 2.08. The van der Waals surface area contributed by atoms with Crippen LogP contribution in [0.4, 0.5) is 5.82 Å². The number of hydrogen-bond acceptors (Lipinski definition) is 5. The van der Waals surface area contributed by atoms with Gasteiger partial charge in [0.2, 0.25) is 0 Å². The van der Waals surface area contributed by atoms with E-state index >= 15 is 0 Å². The number of ether oxygens (including phenoxy) is 1. The predicted octanol–water partition coefficient (Wildman–Crippen LogP) is 2.86. The Hall–Kier alpha value is -2.11. The molecule has 3 heterocycles. The Morgan fingerprint density at radius 2 is 1.96 bits per heavy atom. The predicted molar refractivity (Wildman–Crippen MR) is 89.9 cm³/mol. The van der Waals surface area contributed by atoms with Crippen LogP contribution in [0.5, 0.6) is 5.88 Å². The van der Waals surface area contributed by atoms with Gasteiger partial charge < -0.3 is 9.64 Å². The lowest BCUT2D eigenvalue weighted by molar-refractivity contribution is 0.231. The summed E-state index contributed by atoms with van der Waals surface area (Å²) in [6.45, 7) is 8.99. The van der Waals surface area contributed by atoms with E-state index in [1.54, 1.807) is 12.4 Å². The molecule has 0 unspecified atom stereocenters. The summed E-state index contributed by atoms with van der Waals surface area (Å²) in [7, 11) is 0. The quantitative estimate of drug-likeness (QED) is 0.849. The second-order valence-electron chi connectivity index (χ2n) is 6.24. The van der Waals surface area contributed by atoms with Crippen molar-refractivity contribution in [3.05, 3.63) is 30.4 Å².